The lowest BCUT2D eigenvalue weighted by Crippen LogP contribution is -2.53. The summed E-state index contributed by atoms with van der Waals surface area (Å²) in [7, 11) is 0. The summed E-state index contributed by atoms with van der Waals surface area (Å²) < 4.78 is 14.5. The molecule has 0 aromatic heterocycles. The molecule has 1 aliphatic heterocycles. The smallest absolute Gasteiger partial charge is 0.253 e. The Kier molecular flexibility index (Phi) is 11.4. The highest BCUT2D eigenvalue weighted by atomic mass is 19.1. The number of nitrogens with zero attached hydrogens (tertiary/aromatic N) is 1. The molecule has 214 valence electrons. The van der Waals surface area contributed by atoms with Crippen LogP contribution >= 0.6 is 0 Å². The van der Waals surface area contributed by atoms with Gasteiger partial charge >= 0.3 is 0 Å². The van der Waals surface area contributed by atoms with Crippen LogP contribution in [0.4, 0.5) is 10.1 Å². The van der Waals surface area contributed by atoms with Crippen LogP contribution in [0.5, 0.6) is 0 Å². The second-order valence-electron chi connectivity index (χ2n) is 11.5. The van der Waals surface area contributed by atoms with Gasteiger partial charge in [0.15, 0.2) is 0 Å². The molecule has 3 N–H and O–H groups in total. The van der Waals surface area contributed by atoms with Crippen molar-refractivity contribution in [1.82, 2.24) is 15.5 Å². The molecule has 1 heterocycles. The maximum Gasteiger partial charge on any atom is 0.253 e. The van der Waals surface area contributed by atoms with Crippen molar-refractivity contribution < 1.29 is 28.4 Å². The lowest BCUT2D eigenvalue weighted by atomic mass is 9.88. The zero-order chi connectivity index (χ0) is 29.3. The van der Waals surface area contributed by atoms with E-state index in [-0.39, 0.29) is 35.5 Å². The normalized spacial score (nSPS) is 14.9. The third-order valence-electron chi connectivity index (χ3n) is 6.25. The SMILES string of the molecule is CC(C)[C@H](NC(=O)CCCCCN1C(=O)C=CC1=O)C(=O)N[C@@H](C)C(=O)Nc1ccc(CC(C)(C)C)c(F)c1. The van der Waals surface area contributed by atoms with E-state index in [0.717, 1.165) is 4.90 Å². The minimum Gasteiger partial charge on any atom is -0.344 e. The molecule has 39 heavy (non-hydrogen) atoms. The van der Waals surface area contributed by atoms with Gasteiger partial charge in [-0.1, -0.05) is 47.1 Å². The van der Waals surface area contributed by atoms with Gasteiger partial charge in [0.2, 0.25) is 17.7 Å². The van der Waals surface area contributed by atoms with Crippen LogP contribution in [0.2, 0.25) is 0 Å². The summed E-state index contributed by atoms with van der Waals surface area (Å²) in [4.78, 5) is 62.2. The van der Waals surface area contributed by atoms with Crippen LogP contribution in [0.1, 0.15) is 72.8 Å². The highest BCUT2D eigenvalue weighted by Crippen LogP contribution is 2.24. The van der Waals surface area contributed by atoms with Crippen molar-refractivity contribution in [1.29, 1.82) is 0 Å². The molecular weight excluding hydrogens is 503 g/mol. The van der Waals surface area contributed by atoms with Gasteiger partial charge in [0.1, 0.15) is 17.9 Å². The average Bonchev–Trinajstić information content (AvgIpc) is 3.15. The summed E-state index contributed by atoms with van der Waals surface area (Å²) >= 11 is 0. The van der Waals surface area contributed by atoms with Gasteiger partial charge in [0.25, 0.3) is 11.8 Å². The van der Waals surface area contributed by atoms with Gasteiger partial charge in [-0.15, -0.1) is 0 Å². The van der Waals surface area contributed by atoms with Crippen molar-refractivity contribution in [2.75, 3.05) is 11.9 Å². The fourth-order valence-electron chi connectivity index (χ4n) is 4.12. The summed E-state index contributed by atoms with van der Waals surface area (Å²) in [6, 6.07) is 2.78. The molecule has 5 amide bonds. The van der Waals surface area contributed by atoms with Gasteiger partial charge in [-0.25, -0.2) is 4.39 Å². The Balaban J connectivity index is 1.80. The van der Waals surface area contributed by atoms with Gasteiger partial charge in [0.05, 0.1) is 0 Å². The van der Waals surface area contributed by atoms with Crippen LogP contribution in [0.25, 0.3) is 0 Å². The molecule has 2 rings (SSSR count). The van der Waals surface area contributed by atoms with Gasteiger partial charge in [-0.2, -0.15) is 0 Å². The number of hydrogen-bond acceptors (Lipinski definition) is 5. The predicted octanol–water partition coefficient (Wildman–Crippen LogP) is 3.48. The molecule has 1 aliphatic rings. The number of carbonyl (C=O) groups is 5. The van der Waals surface area contributed by atoms with Gasteiger partial charge in [-0.05, 0) is 55.2 Å². The van der Waals surface area contributed by atoms with Crippen LogP contribution in [-0.2, 0) is 30.4 Å². The van der Waals surface area contributed by atoms with E-state index >= 15 is 0 Å². The molecule has 2 atom stereocenters. The number of unbranched alkanes of at least 4 members (excludes halogenated alkanes) is 2. The minimum absolute atomic E-state index is 0.0820. The molecule has 9 nitrogen and oxygen atoms in total. The molecule has 0 unspecified atom stereocenters. The monoisotopic (exact) mass is 544 g/mol. The largest absolute Gasteiger partial charge is 0.344 e. The number of halogens is 1. The fraction of sp³-hybridized carbons (Fsp3) is 0.552. The first-order valence-electron chi connectivity index (χ1n) is 13.4. The number of hydrogen-bond donors (Lipinski definition) is 3. The van der Waals surface area contributed by atoms with E-state index in [4.69, 9.17) is 0 Å². The first kappa shape index (κ1) is 31.7. The molecule has 1 aromatic rings. The van der Waals surface area contributed by atoms with E-state index in [9.17, 15) is 28.4 Å². The van der Waals surface area contributed by atoms with Gasteiger partial charge in [-0.3, -0.25) is 28.9 Å². The third-order valence-corrected chi connectivity index (χ3v) is 6.25. The fourth-order valence-corrected chi connectivity index (χ4v) is 4.12. The summed E-state index contributed by atoms with van der Waals surface area (Å²) in [6.07, 6.45) is 4.97. The van der Waals surface area contributed by atoms with Crippen molar-refractivity contribution in [2.45, 2.75) is 85.7 Å². The highest BCUT2D eigenvalue weighted by molar-refractivity contribution is 6.12. The van der Waals surface area contributed by atoms with E-state index in [1.807, 2.05) is 20.8 Å². The Bertz CT molecular complexity index is 1090. The van der Waals surface area contributed by atoms with E-state index in [1.165, 1.54) is 25.1 Å². The van der Waals surface area contributed by atoms with Crippen LogP contribution in [0, 0.1) is 17.2 Å². The zero-order valence-corrected chi connectivity index (χ0v) is 23.7. The molecule has 0 aliphatic carbocycles. The first-order valence-corrected chi connectivity index (χ1v) is 13.4. The molecule has 0 fully saturated rings. The predicted molar refractivity (Wildman–Crippen MR) is 147 cm³/mol. The molecule has 0 saturated carbocycles. The standard InChI is InChI=1S/C29H41FN4O5/c1-18(2)26(33-23(35)10-8-7-9-15-34-24(36)13-14-25(34)37)28(39)31-19(3)27(38)32-21-12-11-20(22(30)16-21)17-29(4,5)6/h11-14,16,18-19,26H,7-10,15,17H2,1-6H3,(H,31,39)(H,32,38)(H,33,35)/t19-,26-/m0/s1. The average molecular weight is 545 g/mol. The van der Waals surface area contributed by atoms with Crippen LogP contribution < -0.4 is 16.0 Å². The van der Waals surface area contributed by atoms with Crippen molar-refractivity contribution in [3.05, 3.63) is 41.7 Å². The Labute approximate surface area is 230 Å². The third kappa shape index (κ3) is 10.3. The Hall–Kier alpha value is -3.56. The number of benzene rings is 1. The summed E-state index contributed by atoms with van der Waals surface area (Å²) in [5.74, 6) is -2.59. The van der Waals surface area contributed by atoms with Crippen molar-refractivity contribution in [3.63, 3.8) is 0 Å². The molecule has 0 spiro atoms. The van der Waals surface area contributed by atoms with Crippen molar-refractivity contribution in [3.8, 4) is 0 Å². The number of rotatable bonds is 13. The number of amides is 5. The van der Waals surface area contributed by atoms with E-state index < -0.39 is 29.7 Å². The quantitative estimate of drug-likeness (QED) is 0.259. The minimum atomic E-state index is -0.918. The van der Waals surface area contributed by atoms with Crippen molar-refractivity contribution in [2.24, 2.45) is 11.3 Å². The number of carbonyl (C=O) groups excluding carboxylic acids is 5. The van der Waals surface area contributed by atoms with E-state index in [0.29, 0.717) is 43.5 Å². The number of imide groups is 1. The Morgan fingerprint density at radius 3 is 2.13 bits per heavy atom. The van der Waals surface area contributed by atoms with Crippen molar-refractivity contribution >= 4 is 35.2 Å². The molecule has 0 radical (unpaired) electrons. The number of nitrogens with one attached hydrogen (secondary N) is 3. The Morgan fingerprint density at radius 2 is 1.56 bits per heavy atom. The molecule has 0 bridgehead atoms. The summed E-state index contributed by atoms with van der Waals surface area (Å²) in [6.45, 7) is 11.4. The Morgan fingerprint density at radius 1 is 0.923 bits per heavy atom. The van der Waals surface area contributed by atoms with Gasteiger partial charge in [0, 0.05) is 30.8 Å². The lowest BCUT2D eigenvalue weighted by molar-refractivity contribution is -0.137. The highest BCUT2D eigenvalue weighted by Gasteiger charge is 2.27. The lowest BCUT2D eigenvalue weighted by Gasteiger charge is -2.24. The maximum absolute atomic E-state index is 14.5. The molecular formula is C29H41FN4O5. The molecule has 1 aromatic carbocycles. The van der Waals surface area contributed by atoms with Crippen LogP contribution in [-0.4, -0.2) is 53.1 Å². The maximum atomic E-state index is 14.5. The molecule has 10 heteroatoms. The summed E-state index contributed by atoms with van der Waals surface area (Å²) in [5, 5.41) is 7.97. The van der Waals surface area contributed by atoms with E-state index in [2.05, 4.69) is 16.0 Å². The second-order valence-corrected chi connectivity index (χ2v) is 11.5. The number of anilines is 1. The van der Waals surface area contributed by atoms with E-state index in [1.54, 1.807) is 26.0 Å². The zero-order valence-electron chi connectivity index (χ0n) is 23.7. The van der Waals surface area contributed by atoms with Crippen LogP contribution in [0.15, 0.2) is 30.4 Å². The molecule has 0 saturated heterocycles. The van der Waals surface area contributed by atoms with Gasteiger partial charge < -0.3 is 16.0 Å². The second kappa shape index (κ2) is 14.0. The van der Waals surface area contributed by atoms with Crippen LogP contribution in [0.3, 0.4) is 0 Å². The topological polar surface area (TPSA) is 125 Å². The summed E-state index contributed by atoms with van der Waals surface area (Å²) in [5.41, 5.74) is 0.771. The first-order chi connectivity index (χ1) is 18.2.